The highest BCUT2D eigenvalue weighted by atomic mass is 16.5. The predicted octanol–water partition coefficient (Wildman–Crippen LogP) is -1.20. The lowest BCUT2D eigenvalue weighted by atomic mass is 9.76. The zero-order valence-electron chi connectivity index (χ0n) is 12.9. The minimum atomic E-state index is -1.66. The van der Waals surface area contributed by atoms with Gasteiger partial charge in [-0.2, -0.15) is 0 Å². The molecule has 2 rings (SSSR count). The average molecular weight is 330 g/mol. The second-order valence-electron chi connectivity index (χ2n) is 4.70. The van der Waals surface area contributed by atoms with E-state index in [2.05, 4.69) is 4.74 Å². The minimum Gasteiger partial charge on any atom is -0.465 e. The maximum Gasteiger partial charge on any atom is 0.489 e. The zero-order valence-corrected chi connectivity index (χ0v) is 12.9. The number of ether oxygens (including phenoxy) is 1. The molecule has 24 heavy (non-hydrogen) atoms. The molecule has 124 valence electrons. The third-order valence-electron chi connectivity index (χ3n) is 3.11. The van der Waals surface area contributed by atoms with Crippen molar-refractivity contribution in [2.24, 2.45) is 0 Å². The lowest BCUT2D eigenvalue weighted by Gasteiger charge is -2.05. The second-order valence-corrected chi connectivity index (χ2v) is 4.70. The van der Waals surface area contributed by atoms with E-state index < -0.39 is 20.2 Å². The first-order valence-electron chi connectivity index (χ1n) is 6.92. The number of hydrogen-bond acceptors (Lipinski definition) is 7. The Labute approximate surface area is 139 Å². The molecular formula is C15H16B2O7. The van der Waals surface area contributed by atoms with Crippen LogP contribution in [0.15, 0.2) is 53.5 Å². The van der Waals surface area contributed by atoms with Gasteiger partial charge in [0, 0.05) is 12.0 Å². The van der Waals surface area contributed by atoms with Crippen LogP contribution in [0.2, 0.25) is 0 Å². The molecule has 0 heterocycles. The van der Waals surface area contributed by atoms with Crippen LogP contribution >= 0.6 is 0 Å². The van der Waals surface area contributed by atoms with Crippen LogP contribution in [0.5, 0.6) is 0 Å². The predicted molar refractivity (Wildman–Crippen MR) is 88.8 cm³/mol. The van der Waals surface area contributed by atoms with E-state index in [9.17, 15) is 9.59 Å². The number of carbonyl (C=O) groups excluding carboxylic acids is 2. The first-order chi connectivity index (χ1) is 11.4. The highest BCUT2D eigenvalue weighted by Crippen LogP contribution is 2.13. The number of methoxy groups -OCH3 is 1. The normalized spacial score (nSPS) is 12.4. The van der Waals surface area contributed by atoms with Crippen LogP contribution in [0.4, 0.5) is 0 Å². The third kappa shape index (κ3) is 5.66. The number of esters is 1. The van der Waals surface area contributed by atoms with Crippen LogP contribution in [0, 0.1) is 0 Å². The Balaban J connectivity index is 0.000000243. The van der Waals surface area contributed by atoms with Gasteiger partial charge in [-0.3, -0.25) is 0 Å². The van der Waals surface area contributed by atoms with Crippen molar-refractivity contribution in [1.29, 1.82) is 0 Å². The van der Waals surface area contributed by atoms with Crippen LogP contribution in [0.25, 0.3) is 0 Å². The molecule has 9 heteroatoms. The smallest absolute Gasteiger partial charge is 0.465 e. The molecule has 0 amide bonds. The molecule has 1 aromatic carbocycles. The van der Waals surface area contributed by atoms with E-state index in [0.29, 0.717) is 17.5 Å². The molecule has 1 aromatic rings. The van der Waals surface area contributed by atoms with E-state index in [4.69, 9.17) is 20.1 Å². The Morgan fingerprint density at radius 3 is 2.25 bits per heavy atom. The van der Waals surface area contributed by atoms with Gasteiger partial charge in [0.15, 0.2) is 0 Å². The number of benzene rings is 1. The van der Waals surface area contributed by atoms with E-state index in [0.717, 1.165) is 0 Å². The Kier molecular flexibility index (Phi) is 7.91. The summed E-state index contributed by atoms with van der Waals surface area (Å²) in [5.41, 5.74) is 1.26. The van der Waals surface area contributed by atoms with Crippen molar-refractivity contribution in [2.75, 3.05) is 7.11 Å². The second kappa shape index (κ2) is 9.67. The highest BCUT2D eigenvalue weighted by molar-refractivity contribution is 6.60. The molecule has 4 N–H and O–H groups in total. The molecule has 0 aliphatic heterocycles. The van der Waals surface area contributed by atoms with Gasteiger partial charge in [-0.15, -0.1) is 0 Å². The minimum absolute atomic E-state index is 0.148. The van der Waals surface area contributed by atoms with Gasteiger partial charge in [-0.05, 0) is 23.1 Å². The van der Waals surface area contributed by atoms with Gasteiger partial charge in [-0.25, -0.2) is 9.59 Å². The summed E-state index contributed by atoms with van der Waals surface area (Å²) in [5.74, 6) is 1.16. The van der Waals surface area contributed by atoms with Gasteiger partial charge < -0.3 is 24.8 Å². The van der Waals surface area contributed by atoms with Gasteiger partial charge in [0.05, 0.1) is 12.7 Å². The van der Waals surface area contributed by atoms with Gasteiger partial charge in [-0.1, -0.05) is 30.4 Å². The maximum atomic E-state index is 11.1. The molecule has 1 aliphatic carbocycles. The van der Waals surface area contributed by atoms with Gasteiger partial charge in [0.1, 0.15) is 5.94 Å². The van der Waals surface area contributed by atoms with Crippen molar-refractivity contribution in [2.45, 2.75) is 6.42 Å². The molecule has 1 aliphatic rings. The van der Waals surface area contributed by atoms with Crippen LogP contribution in [0.3, 0.4) is 0 Å². The zero-order chi connectivity index (χ0) is 18.1. The fourth-order valence-corrected chi connectivity index (χ4v) is 1.85. The van der Waals surface area contributed by atoms with Crippen LogP contribution in [0.1, 0.15) is 16.8 Å². The van der Waals surface area contributed by atoms with Crippen molar-refractivity contribution in [3.05, 3.63) is 59.1 Å². The molecule has 0 saturated heterocycles. The molecule has 0 spiro atoms. The van der Waals surface area contributed by atoms with Crippen molar-refractivity contribution in [3.8, 4) is 0 Å². The largest absolute Gasteiger partial charge is 0.489 e. The first-order valence-corrected chi connectivity index (χ1v) is 6.92. The summed E-state index contributed by atoms with van der Waals surface area (Å²) in [6.45, 7) is 0. The summed E-state index contributed by atoms with van der Waals surface area (Å²) in [6.07, 6.45) is 5.04. The lowest BCUT2D eigenvalue weighted by molar-refractivity contribution is 0.0601. The molecule has 0 saturated carbocycles. The van der Waals surface area contributed by atoms with E-state index in [1.165, 1.54) is 31.4 Å². The fraction of sp³-hybridized carbons (Fsp3) is 0.133. The summed E-state index contributed by atoms with van der Waals surface area (Å²) >= 11 is 0. The Hall–Kier alpha value is -2.41. The Morgan fingerprint density at radius 1 is 1.12 bits per heavy atom. The SMILES string of the molecule is COC(=O)c1ccccc1B(O)O.O=C=C1C=CC(B(O)O)=CC1. The van der Waals surface area contributed by atoms with Gasteiger partial charge >= 0.3 is 20.2 Å². The molecule has 0 fully saturated rings. The molecule has 0 aromatic heterocycles. The molecule has 0 atom stereocenters. The molecular weight excluding hydrogens is 314 g/mol. The Morgan fingerprint density at radius 2 is 1.79 bits per heavy atom. The molecule has 7 nitrogen and oxygen atoms in total. The quantitative estimate of drug-likeness (QED) is 0.312. The maximum absolute atomic E-state index is 11.1. The van der Waals surface area contributed by atoms with Crippen LogP contribution < -0.4 is 5.46 Å². The van der Waals surface area contributed by atoms with E-state index in [-0.39, 0.29) is 11.0 Å². The third-order valence-corrected chi connectivity index (χ3v) is 3.11. The number of hydrogen-bond donors (Lipinski definition) is 4. The van der Waals surface area contributed by atoms with Crippen molar-refractivity contribution in [3.63, 3.8) is 0 Å². The summed E-state index contributed by atoms with van der Waals surface area (Å²) < 4.78 is 4.47. The van der Waals surface area contributed by atoms with Crippen molar-refractivity contribution >= 4 is 31.6 Å². The average Bonchev–Trinajstić information content (AvgIpc) is 2.61. The summed E-state index contributed by atoms with van der Waals surface area (Å²) in [4.78, 5) is 21.2. The van der Waals surface area contributed by atoms with Crippen molar-refractivity contribution < 1.29 is 34.4 Å². The van der Waals surface area contributed by atoms with Crippen LogP contribution in [-0.4, -0.2) is 53.4 Å². The number of allylic oxidation sites excluding steroid dienone is 5. The highest BCUT2D eigenvalue weighted by Gasteiger charge is 2.19. The Bertz CT molecular complexity index is 689. The first kappa shape index (κ1) is 19.6. The van der Waals surface area contributed by atoms with Crippen molar-refractivity contribution in [1.82, 2.24) is 0 Å². The standard InChI is InChI=1S/C8H9BO4.C7H7BO3/c1-13-8(10)6-4-2-3-5-7(6)9(11)12;9-5-6-1-3-7(4-2-6)8(10)11/h2-5,11-12H,1H3;1,3-4,10-11H,2H2. The fourth-order valence-electron chi connectivity index (χ4n) is 1.85. The van der Waals surface area contributed by atoms with Gasteiger partial charge in [0.2, 0.25) is 0 Å². The monoisotopic (exact) mass is 330 g/mol. The topological polar surface area (TPSA) is 124 Å². The summed E-state index contributed by atoms with van der Waals surface area (Å²) in [5, 5.41) is 35.1. The van der Waals surface area contributed by atoms with E-state index >= 15 is 0 Å². The molecule has 0 bridgehead atoms. The summed E-state index contributed by atoms with van der Waals surface area (Å²) in [7, 11) is -1.86. The number of carbonyl (C=O) groups is 1. The van der Waals surface area contributed by atoms with Gasteiger partial charge in [0.25, 0.3) is 0 Å². The lowest BCUT2D eigenvalue weighted by Crippen LogP contribution is -2.34. The van der Waals surface area contributed by atoms with E-state index in [1.807, 2.05) is 0 Å². The number of rotatable bonds is 3. The molecule has 0 radical (unpaired) electrons. The summed E-state index contributed by atoms with van der Waals surface area (Å²) in [6, 6.07) is 6.16. The van der Waals surface area contributed by atoms with E-state index in [1.54, 1.807) is 24.2 Å². The molecule has 0 unspecified atom stereocenters. The van der Waals surface area contributed by atoms with Crippen LogP contribution in [-0.2, 0) is 9.53 Å².